The number of halogens is 1. The van der Waals surface area contributed by atoms with Gasteiger partial charge in [-0.15, -0.1) is 0 Å². The number of carbonyl (C=O) groups excluding carboxylic acids is 3. The summed E-state index contributed by atoms with van der Waals surface area (Å²) in [5.41, 5.74) is 1.25. The SMILES string of the molecule is C[C@@H]1CN(C(=O)c2ccccc2)CCN1C(=O)C(=O)c1c[nH]c2c(-c3noc(NC4CCC4)n3)ccc(F)c12. The fourth-order valence-electron chi connectivity index (χ4n) is 5.14. The van der Waals surface area contributed by atoms with E-state index in [-0.39, 0.29) is 41.8 Å². The van der Waals surface area contributed by atoms with Crippen LogP contribution in [0.5, 0.6) is 0 Å². The Morgan fingerprint density at radius 1 is 1.10 bits per heavy atom. The standard InChI is InChI=1S/C28H27FN6O4/c1-16-15-34(26(37)17-6-3-2-4-7-17)12-13-35(16)27(38)24(36)20-14-30-23-19(10-11-21(29)22(20)23)25-32-28(39-33-25)31-18-8-5-9-18/h2-4,6-7,10-11,14,16,18,30H,5,8-9,12-13,15H2,1H3,(H,31,32,33)/t16-/m1/s1. The molecule has 1 saturated carbocycles. The Balaban J connectivity index is 1.21. The second kappa shape index (κ2) is 9.97. The lowest BCUT2D eigenvalue weighted by Crippen LogP contribution is -2.56. The van der Waals surface area contributed by atoms with Gasteiger partial charge in [-0.3, -0.25) is 14.4 Å². The second-order valence-electron chi connectivity index (χ2n) is 10.0. The molecule has 6 rings (SSSR count). The molecule has 2 aromatic carbocycles. The number of amides is 2. The minimum Gasteiger partial charge on any atom is -0.360 e. The van der Waals surface area contributed by atoms with Gasteiger partial charge < -0.3 is 24.6 Å². The van der Waals surface area contributed by atoms with Crippen LogP contribution in [0.4, 0.5) is 10.4 Å². The molecule has 0 radical (unpaired) electrons. The van der Waals surface area contributed by atoms with Gasteiger partial charge in [0, 0.05) is 54.4 Å². The highest BCUT2D eigenvalue weighted by molar-refractivity contribution is 6.45. The number of benzene rings is 2. The number of aromatic amines is 1. The number of carbonyl (C=O) groups is 3. The average molecular weight is 531 g/mol. The maximum atomic E-state index is 15.0. The van der Waals surface area contributed by atoms with Gasteiger partial charge >= 0.3 is 6.01 Å². The predicted molar refractivity (Wildman–Crippen MR) is 141 cm³/mol. The Hall–Kier alpha value is -4.54. The summed E-state index contributed by atoms with van der Waals surface area (Å²) in [5.74, 6) is -2.10. The monoisotopic (exact) mass is 530 g/mol. The number of nitrogens with one attached hydrogen (secondary N) is 2. The van der Waals surface area contributed by atoms with Crippen molar-refractivity contribution in [3.63, 3.8) is 0 Å². The van der Waals surface area contributed by atoms with Crippen LogP contribution in [0, 0.1) is 5.82 Å². The number of ketones is 1. The number of hydrogen-bond donors (Lipinski definition) is 2. The maximum Gasteiger partial charge on any atom is 0.322 e. The third-order valence-electron chi connectivity index (χ3n) is 7.52. The van der Waals surface area contributed by atoms with Crippen molar-refractivity contribution in [1.29, 1.82) is 0 Å². The summed E-state index contributed by atoms with van der Waals surface area (Å²) in [5, 5.41) is 7.18. The average Bonchev–Trinajstić information content (AvgIpc) is 3.58. The van der Waals surface area contributed by atoms with E-state index < -0.39 is 23.5 Å². The minimum atomic E-state index is -0.826. The lowest BCUT2D eigenvalue weighted by atomic mass is 9.93. The van der Waals surface area contributed by atoms with E-state index in [9.17, 15) is 14.4 Å². The molecule has 3 heterocycles. The lowest BCUT2D eigenvalue weighted by Gasteiger charge is -2.39. The molecular formula is C28H27FN6O4. The number of Topliss-reactive ketones (excluding diaryl/α,β-unsaturated/α-hetero) is 1. The van der Waals surface area contributed by atoms with Crippen LogP contribution in [0.1, 0.15) is 46.9 Å². The van der Waals surface area contributed by atoms with E-state index >= 15 is 4.39 Å². The van der Waals surface area contributed by atoms with E-state index in [0.717, 1.165) is 19.3 Å². The van der Waals surface area contributed by atoms with Crippen LogP contribution in [0.25, 0.3) is 22.3 Å². The first-order valence-corrected chi connectivity index (χ1v) is 13.0. The summed E-state index contributed by atoms with van der Waals surface area (Å²) in [6.45, 7) is 2.56. The molecule has 39 heavy (non-hydrogen) atoms. The van der Waals surface area contributed by atoms with Crippen molar-refractivity contribution in [3.8, 4) is 11.4 Å². The Kier molecular flexibility index (Phi) is 6.34. The first-order valence-electron chi connectivity index (χ1n) is 13.0. The number of H-pyrrole nitrogens is 1. The molecule has 2 aliphatic rings. The van der Waals surface area contributed by atoms with Gasteiger partial charge in [-0.05, 0) is 50.5 Å². The molecule has 1 atom stereocenters. The van der Waals surface area contributed by atoms with Crippen LogP contribution in [-0.4, -0.2) is 74.2 Å². The first-order chi connectivity index (χ1) is 18.9. The van der Waals surface area contributed by atoms with Crippen molar-refractivity contribution in [3.05, 3.63) is 65.6 Å². The quantitative estimate of drug-likeness (QED) is 0.286. The molecule has 2 fully saturated rings. The summed E-state index contributed by atoms with van der Waals surface area (Å²) >= 11 is 0. The fraction of sp³-hybridized carbons (Fsp3) is 0.321. The third kappa shape index (κ3) is 4.53. The van der Waals surface area contributed by atoms with Crippen molar-refractivity contribution in [1.82, 2.24) is 24.9 Å². The Morgan fingerprint density at radius 3 is 2.62 bits per heavy atom. The zero-order valence-corrected chi connectivity index (χ0v) is 21.3. The third-order valence-corrected chi connectivity index (χ3v) is 7.52. The van der Waals surface area contributed by atoms with Crippen molar-refractivity contribution < 1.29 is 23.3 Å². The molecule has 200 valence electrons. The van der Waals surface area contributed by atoms with Crippen LogP contribution in [0.3, 0.4) is 0 Å². The lowest BCUT2D eigenvalue weighted by molar-refractivity contribution is -0.130. The molecule has 4 aromatic rings. The zero-order chi connectivity index (χ0) is 27.1. The van der Waals surface area contributed by atoms with Gasteiger partial charge in [-0.1, -0.05) is 23.4 Å². The number of nitrogens with zero attached hydrogens (tertiary/aromatic N) is 4. The van der Waals surface area contributed by atoms with Crippen LogP contribution < -0.4 is 5.32 Å². The Bertz CT molecular complexity index is 1560. The highest BCUT2D eigenvalue weighted by atomic mass is 19.1. The first kappa shape index (κ1) is 24.8. The Labute approximate surface area is 223 Å². The summed E-state index contributed by atoms with van der Waals surface area (Å²) in [6.07, 6.45) is 4.55. The van der Waals surface area contributed by atoms with Gasteiger partial charge in [0.2, 0.25) is 5.82 Å². The molecule has 1 aliphatic heterocycles. The van der Waals surface area contributed by atoms with Crippen molar-refractivity contribution >= 4 is 34.5 Å². The largest absolute Gasteiger partial charge is 0.360 e. The van der Waals surface area contributed by atoms with Crippen LogP contribution in [0.15, 0.2) is 53.2 Å². The van der Waals surface area contributed by atoms with E-state index in [0.29, 0.717) is 29.2 Å². The summed E-state index contributed by atoms with van der Waals surface area (Å²) < 4.78 is 20.3. The minimum absolute atomic E-state index is 0.00491. The number of fused-ring (bicyclic) bond motifs is 1. The van der Waals surface area contributed by atoms with Crippen LogP contribution in [0.2, 0.25) is 0 Å². The second-order valence-corrected chi connectivity index (χ2v) is 10.0. The van der Waals surface area contributed by atoms with E-state index in [1.807, 2.05) is 6.07 Å². The van der Waals surface area contributed by atoms with Gasteiger partial charge in [0.05, 0.1) is 11.1 Å². The molecule has 0 unspecified atom stereocenters. The molecule has 10 nitrogen and oxygen atoms in total. The van der Waals surface area contributed by atoms with E-state index in [1.165, 1.54) is 23.2 Å². The van der Waals surface area contributed by atoms with Gasteiger partial charge in [0.15, 0.2) is 0 Å². The molecule has 2 N–H and O–H groups in total. The van der Waals surface area contributed by atoms with Crippen LogP contribution >= 0.6 is 0 Å². The zero-order valence-electron chi connectivity index (χ0n) is 21.3. The van der Waals surface area contributed by atoms with Gasteiger partial charge in [-0.2, -0.15) is 4.98 Å². The highest BCUT2D eigenvalue weighted by Gasteiger charge is 2.35. The summed E-state index contributed by atoms with van der Waals surface area (Å²) in [7, 11) is 0. The van der Waals surface area contributed by atoms with Crippen molar-refractivity contribution in [2.24, 2.45) is 0 Å². The molecular weight excluding hydrogens is 503 g/mol. The van der Waals surface area contributed by atoms with Crippen molar-refractivity contribution in [2.45, 2.75) is 38.3 Å². The fourth-order valence-corrected chi connectivity index (χ4v) is 5.14. The van der Waals surface area contributed by atoms with Gasteiger partial charge in [-0.25, -0.2) is 4.39 Å². The highest BCUT2D eigenvalue weighted by Crippen LogP contribution is 2.32. The topological polar surface area (TPSA) is 124 Å². The van der Waals surface area contributed by atoms with Gasteiger partial charge in [0.25, 0.3) is 17.6 Å². The molecule has 1 aliphatic carbocycles. The normalized spacial score (nSPS) is 17.7. The smallest absolute Gasteiger partial charge is 0.322 e. The molecule has 2 aromatic heterocycles. The number of anilines is 1. The van der Waals surface area contributed by atoms with E-state index in [4.69, 9.17) is 4.52 Å². The molecule has 2 amide bonds. The van der Waals surface area contributed by atoms with Gasteiger partial charge in [0.1, 0.15) is 5.82 Å². The van der Waals surface area contributed by atoms with E-state index in [2.05, 4.69) is 20.4 Å². The number of rotatable bonds is 6. The molecule has 11 heteroatoms. The number of aromatic nitrogens is 3. The number of hydrogen-bond acceptors (Lipinski definition) is 7. The molecule has 0 bridgehead atoms. The molecule has 0 spiro atoms. The Morgan fingerprint density at radius 2 is 1.90 bits per heavy atom. The predicted octanol–water partition coefficient (Wildman–Crippen LogP) is 3.88. The summed E-state index contributed by atoms with van der Waals surface area (Å²) in [4.78, 5) is 49.9. The van der Waals surface area contributed by atoms with Crippen LogP contribution in [-0.2, 0) is 4.79 Å². The van der Waals surface area contributed by atoms with Crippen molar-refractivity contribution in [2.75, 3.05) is 25.0 Å². The van der Waals surface area contributed by atoms with E-state index in [1.54, 1.807) is 36.1 Å². The number of piperazine rings is 1. The summed E-state index contributed by atoms with van der Waals surface area (Å²) in [6, 6.07) is 11.8. The molecule has 1 saturated heterocycles. The maximum absolute atomic E-state index is 15.0.